The standard InChI is InChI=1S/C18H23FN4O/c1-13(2)10-22-18(20-3)23-12-14-7-8-17(21-11-14)24-16-6-4-5-15(19)9-16/h4-9,11,13H,10,12H2,1-3H3,(H2,20,22,23). The van der Waals surface area contributed by atoms with Crippen LogP contribution in [-0.2, 0) is 6.54 Å². The average Bonchev–Trinajstić information content (AvgIpc) is 2.56. The van der Waals surface area contributed by atoms with Crippen molar-refractivity contribution >= 4 is 5.96 Å². The van der Waals surface area contributed by atoms with Crippen LogP contribution in [0.25, 0.3) is 0 Å². The van der Waals surface area contributed by atoms with Crippen molar-refractivity contribution < 1.29 is 9.13 Å². The number of guanidine groups is 1. The fourth-order valence-electron chi connectivity index (χ4n) is 1.93. The lowest BCUT2D eigenvalue weighted by molar-refractivity contribution is 0.457. The number of halogens is 1. The van der Waals surface area contributed by atoms with Gasteiger partial charge >= 0.3 is 0 Å². The monoisotopic (exact) mass is 330 g/mol. The second-order valence-corrected chi connectivity index (χ2v) is 5.76. The largest absolute Gasteiger partial charge is 0.439 e. The maximum absolute atomic E-state index is 13.1. The molecule has 128 valence electrons. The normalized spacial score (nSPS) is 11.5. The van der Waals surface area contributed by atoms with Gasteiger partial charge in [0.2, 0.25) is 5.88 Å². The van der Waals surface area contributed by atoms with Crippen molar-refractivity contribution in [3.8, 4) is 11.6 Å². The van der Waals surface area contributed by atoms with Gasteiger partial charge in [0.05, 0.1) is 0 Å². The molecular weight excluding hydrogens is 307 g/mol. The highest BCUT2D eigenvalue weighted by Gasteiger charge is 2.03. The van der Waals surface area contributed by atoms with Gasteiger partial charge in [-0.15, -0.1) is 0 Å². The molecule has 0 saturated carbocycles. The first-order valence-electron chi connectivity index (χ1n) is 7.89. The molecule has 2 N–H and O–H groups in total. The van der Waals surface area contributed by atoms with Gasteiger partial charge in [0.1, 0.15) is 11.6 Å². The van der Waals surface area contributed by atoms with Crippen molar-refractivity contribution in [1.82, 2.24) is 15.6 Å². The molecule has 0 atom stereocenters. The van der Waals surface area contributed by atoms with E-state index in [2.05, 4.69) is 34.5 Å². The van der Waals surface area contributed by atoms with Gasteiger partial charge in [0.25, 0.3) is 0 Å². The van der Waals surface area contributed by atoms with E-state index >= 15 is 0 Å². The van der Waals surface area contributed by atoms with E-state index in [4.69, 9.17) is 4.74 Å². The first-order valence-corrected chi connectivity index (χ1v) is 7.89. The molecular formula is C18H23FN4O. The van der Waals surface area contributed by atoms with Crippen LogP contribution in [0, 0.1) is 11.7 Å². The lowest BCUT2D eigenvalue weighted by atomic mass is 10.2. The van der Waals surface area contributed by atoms with E-state index in [1.807, 2.05) is 6.07 Å². The Hall–Kier alpha value is -2.63. The first kappa shape index (κ1) is 17.7. The fraction of sp³-hybridized carbons (Fsp3) is 0.333. The van der Waals surface area contributed by atoms with Crippen LogP contribution in [0.2, 0.25) is 0 Å². The van der Waals surface area contributed by atoms with Crippen LogP contribution in [0.1, 0.15) is 19.4 Å². The Morgan fingerprint density at radius 1 is 1.25 bits per heavy atom. The molecule has 1 heterocycles. The number of nitrogens with one attached hydrogen (secondary N) is 2. The maximum Gasteiger partial charge on any atom is 0.219 e. The molecule has 2 aromatic rings. The zero-order valence-corrected chi connectivity index (χ0v) is 14.2. The van der Waals surface area contributed by atoms with Crippen molar-refractivity contribution in [2.75, 3.05) is 13.6 Å². The van der Waals surface area contributed by atoms with Gasteiger partial charge in [-0.1, -0.05) is 26.0 Å². The minimum Gasteiger partial charge on any atom is -0.439 e. The minimum atomic E-state index is -0.339. The summed E-state index contributed by atoms with van der Waals surface area (Å²) in [6, 6.07) is 9.64. The van der Waals surface area contributed by atoms with Crippen LogP contribution in [0.15, 0.2) is 47.6 Å². The molecule has 2 rings (SSSR count). The van der Waals surface area contributed by atoms with Crippen LogP contribution >= 0.6 is 0 Å². The molecule has 0 aliphatic rings. The number of ether oxygens (including phenoxy) is 1. The third kappa shape index (κ3) is 5.87. The molecule has 5 nitrogen and oxygen atoms in total. The molecule has 0 spiro atoms. The minimum absolute atomic E-state index is 0.339. The Morgan fingerprint density at radius 2 is 2.08 bits per heavy atom. The zero-order valence-electron chi connectivity index (χ0n) is 14.2. The summed E-state index contributed by atoms with van der Waals surface area (Å²) in [6.07, 6.45) is 1.72. The molecule has 0 saturated heterocycles. The Kier molecular flexibility index (Phi) is 6.54. The van der Waals surface area contributed by atoms with Gasteiger partial charge in [-0.25, -0.2) is 9.37 Å². The highest BCUT2D eigenvalue weighted by molar-refractivity contribution is 5.79. The second-order valence-electron chi connectivity index (χ2n) is 5.76. The third-order valence-corrected chi connectivity index (χ3v) is 3.18. The Morgan fingerprint density at radius 3 is 2.71 bits per heavy atom. The van der Waals surface area contributed by atoms with Crippen LogP contribution < -0.4 is 15.4 Å². The van der Waals surface area contributed by atoms with E-state index in [9.17, 15) is 4.39 Å². The molecule has 1 aromatic carbocycles. The van der Waals surface area contributed by atoms with Gasteiger partial charge in [-0.05, 0) is 23.6 Å². The molecule has 0 amide bonds. The van der Waals surface area contributed by atoms with E-state index in [0.717, 1.165) is 18.1 Å². The van der Waals surface area contributed by atoms with Crippen molar-refractivity contribution in [3.05, 3.63) is 54.0 Å². The highest BCUT2D eigenvalue weighted by atomic mass is 19.1. The summed E-state index contributed by atoms with van der Waals surface area (Å²) in [6.45, 7) is 5.74. The Labute approximate surface area is 142 Å². The van der Waals surface area contributed by atoms with E-state index in [1.54, 1.807) is 31.4 Å². The van der Waals surface area contributed by atoms with Crippen LogP contribution in [0.4, 0.5) is 4.39 Å². The first-order chi connectivity index (χ1) is 11.6. The summed E-state index contributed by atoms with van der Waals surface area (Å²) in [5, 5.41) is 6.47. The van der Waals surface area contributed by atoms with Gasteiger partial charge in [-0.2, -0.15) is 0 Å². The van der Waals surface area contributed by atoms with Crippen LogP contribution in [0.3, 0.4) is 0 Å². The second kappa shape index (κ2) is 8.86. The zero-order chi connectivity index (χ0) is 17.4. The topological polar surface area (TPSA) is 58.5 Å². The summed E-state index contributed by atoms with van der Waals surface area (Å²) in [5.74, 6) is 1.81. The van der Waals surface area contributed by atoms with E-state index in [1.165, 1.54) is 12.1 Å². The predicted octanol–water partition coefficient (Wildman–Crippen LogP) is 3.33. The number of benzene rings is 1. The molecule has 0 radical (unpaired) electrons. The number of aliphatic imine (C=N–C) groups is 1. The van der Waals surface area contributed by atoms with Crippen molar-refractivity contribution in [3.63, 3.8) is 0 Å². The number of rotatable bonds is 6. The molecule has 0 aliphatic heterocycles. The average molecular weight is 330 g/mol. The number of hydrogen-bond donors (Lipinski definition) is 2. The summed E-state index contributed by atoms with van der Waals surface area (Å²) < 4.78 is 18.6. The Bertz CT molecular complexity index is 671. The molecule has 0 aliphatic carbocycles. The lowest BCUT2D eigenvalue weighted by Gasteiger charge is -2.13. The van der Waals surface area contributed by atoms with E-state index in [0.29, 0.717) is 24.1 Å². The lowest BCUT2D eigenvalue weighted by Crippen LogP contribution is -2.38. The van der Waals surface area contributed by atoms with Gasteiger partial charge in [0.15, 0.2) is 5.96 Å². The smallest absolute Gasteiger partial charge is 0.219 e. The number of hydrogen-bond acceptors (Lipinski definition) is 3. The molecule has 0 bridgehead atoms. The van der Waals surface area contributed by atoms with Crippen LogP contribution in [-0.4, -0.2) is 24.5 Å². The van der Waals surface area contributed by atoms with E-state index < -0.39 is 0 Å². The third-order valence-electron chi connectivity index (χ3n) is 3.18. The van der Waals surface area contributed by atoms with Gasteiger partial charge < -0.3 is 15.4 Å². The molecule has 0 unspecified atom stereocenters. The fourth-order valence-corrected chi connectivity index (χ4v) is 1.93. The van der Waals surface area contributed by atoms with Gasteiger partial charge in [-0.3, -0.25) is 4.99 Å². The maximum atomic E-state index is 13.1. The Balaban J connectivity index is 1.87. The summed E-state index contributed by atoms with van der Waals surface area (Å²) in [5.41, 5.74) is 0.995. The summed E-state index contributed by atoms with van der Waals surface area (Å²) in [4.78, 5) is 8.41. The summed E-state index contributed by atoms with van der Waals surface area (Å²) in [7, 11) is 1.74. The molecule has 6 heteroatoms. The number of aromatic nitrogens is 1. The quantitative estimate of drug-likeness (QED) is 0.630. The van der Waals surface area contributed by atoms with E-state index in [-0.39, 0.29) is 5.82 Å². The highest BCUT2D eigenvalue weighted by Crippen LogP contribution is 2.19. The predicted molar refractivity (Wildman–Crippen MR) is 93.8 cm³/mol. The summed E-state index contributed by atoms with van der Waals surface area (Å²) >= 11 is 0. The number of pyridine rings is 1. The molecule has 24 heavy (non-hydrogen) atoms. The molecule has 0 fully saturated rings. The van der Waals surface area contributed by atoms with Crippen molar-refractivity contribution in [2.24, 2.45) is 10.9 Å². The number of nitrogens with zero attached hydrogens (tertiary/aromatic N) is 2. The van der Waals surface area contributed by atoms with Gasteiger partial charge in [0, 0.05) is 38.5 Å². The van der Waals surface area contributed by atoms with Crippen molar-refractivity contribution in [2.45, 2.75) is 20.4 Å². The molecule has 1 aromatic heterocycles. The SMILES string of the molecule is CN=C(NCc1ccc(Oc2cccc(F)c2)nc1)NCC(C)C. The van der Waals surface area contributed by atoms with Crippen LogP contribution in [0.5, 0.6) is 11.6 Å². The van der Waals surface area contributed by atoms with Crippen molar-refractivity contribution in [1.29, 1.82) is 0 Å².